The molecule has 2 rings (SSSR count). The predicted octanol–water partition coefficient (Wildman–Crippen LogP) is 4.99. The fourth-order valence-electron chi connectivity index (χ4n) is 3.05. The Balaban J connectivity index is 2.90. The van der Waals surface area contributed by atoms with Crippen molar-refractivity contribution >= 4 is 11.9 Å². The zero-order valence-electron chi connectivity index (χ0n) is 15.3. The van der Waals surface area contributed by atoms with Crippen molar-refractivity contribution in [2.75, 3.05) is 0 Å². The molecule has 0 aromatic heterocycles. The van der Waals surface area contributed by atoms with Crippen molar-refractivity contribution in [2.45, 2.75) is 45.4 Å². The van der Waals surface area contributed by atoms with Crippen molar-refractivity contribution in [1.29, 1.82) is 0 Å². The first-order valence-corrected chi connectivity index (χ1v) is 8.52. The predicted molar refractivity (Wildman–Crippen MR) is 98.0 cm³/mol. The minimum Gasteiger partial charge on any atom is -0.480 e. The van der Waals surface area contributed by atoms with Gasteiger partial charge in [-0.2, -0.15) is 0 Å². The summed E-state index contributed by atoms with van der Waals surface area (Å²) in [5, 5.41) is 19.1. The summed E-state index contributed by atoms with van der Waals surface area (Å²) in [5.74, 6) is -4.82. The Kier molecular flexibility index (Phi) is 5.80. The first kappa shape index (κ1) is 19.6. The minimum absolute atomic E-state index is 0.0656. The van der Waals surface area contributed by atoms with E-state index in [1.807, 2.05) is 39.8 Å². The second-order valence-electron chi connectivity index (χ2n) is 7.00. The van der Waals surface area contributed by atoms with Gasteiger partial charge in [0.25, 0.3) is 0 Å². The molecule has 0 aliphatic rings. The van der Waals surface area contributed by atoms with Gasteiger partial charge in [0.2, 0.25) is 0 Å². The highest BCUT2D eigenvalue weighted by atomic mass is 19.1. The van der Waals surface area contributed by atoms with E-state index in [1.54, 1.807) is 12.1 Å². The molecular weight excluding hydrogens is 335 g/mol. The lowest BCUT2D eigenvalue weighted by molar-refractivity contribution is -0.150. The molecule has 0 aliphatic heterocycles. The van der Waals surface area contributed by atoms with E-state index in [4.69, 9.17) is 0 Å². The molecule has 2 aromatic rings. The van der Waals surface area contributed by atoms with E-state index in [0.717, 1.165) is 5.56 Å². The number of carboxylic acids is 2. The average molecular weight is 358 g/mol. The summed E-state index contributed by atoms with van der Waals surface area (Å²) in [6, 6.07) is 9.36. The van der Waals surface area contributed by atoms with Gasteiger partial charge in [0.15, 0.2) is 5.92 Å². The smallest absolute Gasteiger partial charge is 0.322 e. The Labute approximate surface area is 152 Å². The maximum atomic E-state index is 13.3. The Morgan fingerprint density at radius 2 is 1.42 bits per heavy atom. The fourth-order valence-corrected chi connectivity index (χ4v) is 3.05. The Hall–Kier alpha value is -2.69. The molecule has 2 aromatic carbocycles. The molecule has 0 heterocycles. The Bertz CT molecular complexity index is 809. The zero-order valence-corrected chi connectivity index (χ0v) is 15.3. The van der Waals surface area contributed by atoms with Gasteiger partial charge in [0, 0.05) is 0 Å². The molecule has 0 radical (unpaired) electrons. The van der Waals surface area contributed by atoms with Crippen LogP contribution >= 0.6 is 0 Å². The number of carbonyl (C=O) groups is 2. The number of hydrogen-bond donors (Lipinski definition) is 2. The second-order valence-corrected chi connectivity index (χ2v) is 7.00. The third kappa shape index (κ3) is 3.93. The van der Waals surface area contributed by atoms with Crippen LogP contribution in [0, 0.1) is 5.82 Å². The summed E-state index contributed by atoms with van der Waals surface area (Å²) in [6.07, 6.45) is 0. The standard InChI is InChI=1S/C21H23FO4/c1-11(2)14-9-16(12(3)4)18(19(20(23)24)21(25)26)17(10-14)13-5-7-15(22)8-6-13/h5-12,19H,1-4H3,(H,23,24)(H,25,26). The number of hydrogen-bond acceptors (Lipinski definition) is 2. The third-order valence-electron chi connectivity index (χ3n) is 4.46. The maximum absolute atomic E-state index is 13.3. The van der Waals surface area contributed by atoms with E-state index in [0.29, 0.717) is 16.7 Å². The monoisotopic (exact) mass is 358 g/mol. The first-order chi connectivity index (χ1) is 12.1. The van der Waals surface area contributed by atoms with Crippen LogP contribution in [0.15, 0.2) is 36.4 Å². The van der Waals surface area contributed by atoms with Crippen LogP contribution in [-0.4, -0.2) is 22.2 Å². The van der Waals surface area contributed by atoms with Crippen LogP contribution in [0.5, 0.6) is 0 Å². The Morgan fingerprint density at radius 1 is 0.885 bits per heavy atom. The van der Waals surface area contributed by atoms with Gasteiger partial charge in [-0.3, -0.25) is 9.59 Å². The third-order valence-corrected chi connectivity index (χ3v) is 4.46. The highest BCUT2D eigenvalue weighted by Crippen LogP contribution is 2.38. The summed E-state index contributed by atoms with van der Waals surface area (Å²) >= 11 is 0. The van der Waals surface area contributed by atoms with Crippen molar-refractivity contribution in [2.24, 2.45) is 0 Å². The summed E-state index contributed by atoms with van der Waals surface area (Å²) < 4.78 is 13.3. The fraction of sp³-hybridized carbons (Fsp3) is 0.333. The van der Waals surface area contributed by atoms with Gasteiger partial charge >= 0.3 is 11.9 Å². The van der Waals surface area contributed by atoms with E-state index in [-0.39, 0.29) is 17.4 Å². The highest BCUT2D eigenvalue weighted by Gasteiger charge is 2.33. The molecule has 0 atom stereocenters. The number of rotatable bonds is 6. The quantitative estimate of drug-likeness (QED) is 0.713. The molecule has 138 valence electrons. The molecule has 0 spiro atoms. The molecule has 26 heavy (non-hydrogen) atoms. The lowest BCUT2D eigenvalue weighted by atomic mass is 9.80. The SMILES string of the molecule is CC(C)c1cc(-c2ccc(F)cc2)c(C(C(=O)O)C(=O)O)c(C(C)C)c1. The molecule has 4 nitrogen and oxygen atoms in total. The van der Waals surface area contributed by atoms with Crippen molar-refractivity contribution in [3.8, 4) is 11.1 Å². The summed E-state index contributed by atoms with van der Waals surface area (Å²) in [4.78, 5) is 23.5. The van der Waals surface area contributed by atoms with E-state index in [2.05, 4.69) is 0 Å². The number of carboxylic acid groups (broad SMARTS) is 2. The Morgan fingerprint density at radius 3 is 1.85 bits per heavy atom. The molecule has 0 amide bonds. The average Bonchev–Trinajstić information content (AvgIpc) is 2.54. The molecule has 0 bridgehead atoms. The number of benzene rings is 2. The zero-order chi connectivity index (χ0) is 19.6. The van der Waals surface area contributed by atoms with Crippen LogP contribution in [0.1, 0.15) is 62.1 Å². The van der Waals surface area contributed by atoms with E-state index >= 15 is 0 Å². The van der Waals surface area contributed by atoms with Gasteiger partial charge in [0.1, 0.15) is 5.82 Å². The lowest BCUT2D eigenvalue weighted by Crippen LogP contribution is -2.24. The van der Waals surface area contributed by atoms with Gasteiger partial charge in [-0.25, -0.2) is 4.39 Å². The summed E-state index contributed by atoms with van der Waals surface area (Å²) in [6.45, 7) is 7.83. The van der Waals surface area contributed by atoms with E-state index in [1.165, 1.54) is 12.1 Å². The molecule has 0 saturated heterocycles. The molecule has 0 unspecified atom stereocenters. The molecule has 5 heteroatoms. The van der Waals surface area contributed by atoms with Crippen molar-refractivity contribution in [3.05, 3.63) is 58.9 Å². The van der Waals surface area contributed by atoms with Crippen LogP contribution in [-0.2, 0) is 9.59 Å². The van der Waals surface area contributed by atoms with Gasteiger partial charge in [0.05, 0.1) is 0 Å². The molecule has 2 N–H and O–H groups in total. The number of aliphatic carboxylic acids is 2. The van der Waals surface area contributed by atoms with Gasteiger partial charge in [-0.05, 0) is 51.8 Å². The lowest BCUT2D eigenvalue weighted by Gasteiger charge is -2.23. The van der Waals surface area contributed by atoms with Crippen molar-refractivity contribution in [3.63, 3.8) is 0 Å². The summed E-state index contributed by atoms with van der Waals surface area (Å²) in [7, 11) is 0. The van der Waals surface area contributed by atoms with E-state index in [9.17, 15) is 24.2 Å². The topological polar surface area (TPSA) is 74.6 Å². The van der Waals surface area contributed by atoms with Crippen LogP contribution in [0.4, 0.5) is 4.39 Å². The van der Waals surface area contributed by atoms with Crippen LogP contribution in [0.25, 0.3) is 11.1 Å². The van der Waals surface area contributed by atoms with Crippen molar-refractivity contribution in [1.82, 2.24) is 0 Å². The van der Waals surface area contributed by atoms with Gasteiger partial charge in [-0.15, -0.1) is 0 Å². The normalized spacial score (nSPS) is 11.4. The van der Waals surface area contributed by atoms with Crippen LogP contribution < -0.4 is 0 Å². The largest absolute Gasteiger partial charge is 0.480 e. The van der Waals surface area contributed by atoms with Gasteiger partial charge in [-0.1, -0.05) is 52.0 Å². The van der Waals surface area contributed by atoms with E-state index < -0.39 is 23.7 Å². The maximum Gasteiger partial charge on any atom is 0.322 e. The second kappa shape index (κ2) is 7.68. The molecule has 0 saturated carbocycles. The summed E-state index contributed by atoms with van der Waals surface area (Å²) in [5.41, 5.74) is 3.04. The van der Waals surface area contributed by atoms with Gasteiger partial charge < -0.3 is 10.2 Å². The highest BCUT2D eigenvalue weighted by molar-refractivity contribution is 6.01. The number of halogens is 1. The van der Waals surface area contributed by atoms with Crippen LogP contribution in [0.3, 0.4) is 0 Å². The molecule has 0 aliphatic carbocycles. The molecular formula is C21H23FO4. The van der Waals surface area contributed by atoms with Crippen LogP contribution in [0.2, 0.25) is 0 Å². The molecule has 0 fully saturated rings. The van der Waals surface area contributed by atoms with Crippen molar-refractivity contribution < 1.29 is 24.2 Å². The minimum atomic E-state index is -1.69. The first-order valence-electron chi connectivity index (χ1n) is 8.52.